The average Bonchev–Trinajstić information content (AvgIpc) is 2.53. The molecule has 0 saturated heterocycles. The molecule has 3 rings (SSSR count). The van der Waals surface area contributed by atoms with Crippen molar-refractivity contribution in [2.24, 2.45) is 0 Å². The number of benzene rings is 2. The Balaban J connectivity index is 1.99. The van der Waals surface area contributed by atoms with Crippen LogP contribution in [-0.2, 0) is 6.42 Å². The van der Waals surface area contributed by atoms with E-state index in [1.165, 1.54) is 11.3 Å². The molecule has 1 aliphatic rings. The number of fused-ring (bicyclic) bond motifs is 1. The van der Waals surface area contributed by atoms with E-state index < -0.39 is 0 Å². The highest BCUT2D eigenvalue weighted by atomic mass is 16.5. The van der Waals surface area contributed by atoms with E-state index >= 15 is 0 Å². The number of nitrogens with one attached hydrogen (secondary N) is 1. The Hall–Kier alpha value is -2.16. The van der Waals surface area contributed by atoms with E-state index in [1.54, 1.807) is 14.2 Å². The normalized spacial score (nSPS) is 17.0. The van der Waals surface area contributed by atoms with E-state index in [-0.39, 0.29) is 6.04 Å². The first kappa shape index (κ1) is 12.9. The SMILES string of the molecule is COc1cccc(OC)c1C1CCc2ccccc2N1. The maximum Gasteiger partial charge on any atom is 0.127 e. The molecule has 1 atom stereocenters. The van der Waals surface area contributed by atoms with Crippen LogP contribution in [-0.4, -0.2) is 14.2 Å². The van der Waals surface area contributed by atoms with E-state index in [1.807, 2.05) is 18.2 Å². The van der Waals surface area contributed by atoms with Crippen LogP contribution >= 0.6 is 0 Å². The average molecular weight is 269 g/mol. The van der Waals surface area contributed by atoms with E-state index in [0.717, 1.165) is 29.9 Å². The lowest BCUT2D eigenvalue weighted by Crippen LogP contribution is -2.19. The Bertz CT molecular complexity index is 587. The minimum atomic E-state index is 0.219. The minimum absolute atomic E-state index is 0.219. The summed E-state index contributed by atoms with van der Waals surface area (Å²) >= 11 is 0. The second kappa shape index (κ2) is 5.45. The first-order valence-corrected chi connectivity index (χ1v) is 6.89. The van der Waals surface area contributed by atoms with Crippen LogP contribution in [0.15, 0.2) is 42.5 Å². The zero-order chi connectivity index (χ0) is 13.9. The van der Waals surface area contributed by atoms with Gasteiger partial charge >= 0.3 is 0 Å². The molecule has 20 heavy (non-hydrogen) atoms. The largest absolute Gasteiger partial charge is 0.496 e. The lowest BCUT2D eigenvalue weighted by atomic mass is 9.92. The summed E-state index contributed by atoms with van der Waals surface area (Å²) < 4.78 is 11.0. The van der Waals surface area contributed by atoms with Crippen LogP contribution in [0.25, 0.3) is 0 Å². The van der Waals surface area contributed by atoms with Gasteiger partial charge in [-0.05, 0) is 36.6 Å². The predicted molar refractivity (Wildman–Crippen MR) is 80.7 cm³/mol. The molecule has 104 valence electrons. The van der Waals surface area contributed by atoms with E-state index in [9.17, 15) is 0 Å². The molecule has 3 heteroatoms. The molecule has 3 nitrogen and oxygen atoms in total. The van der Waals surface area contributed by atoms with Crippen molar-refractivity contribution in [1.82, 2.24) is 0 Å². The standard InChI is InChI=1S/C17H19NO2/c1-19-15-8-5-9-16(20-2)17(15)14-11-10-12-6-3-4-7-13(12)18-14/h3-9,14,18H,10-11H2,1-2H3. The molecule has 0 aliphatic carbocycles. The number of hydrogen-bond donors (Lipinski definition) is 1. The minimum Gasteiger partial charge on any atom is -0.496 e. The van der Waals surface area contributed by atoms with Crippen LogP contribution in [0.4, 0.5) is 5.69 Å². The summed E-state index contributed by atoms with van der Waals surface area (Å²) in [5.41, 5.74) is 3.68. The maximum atomic E-state index is 5.51. The van der Waals surface area contributed by atoms with Crippen LogP contribution in [0.3, 0.4) is 0 Å². The van der Waals surface area contributed by atoms with Gasteiger partial charge in [-0.15, -0.1) is 0 Å². The predicted octanol–water partition coefficient (Wildman–Crippen LogP) is 3.80. The summed E-state index contributed by atoms with van der Waals surface area (Å²) in [6, 6.07) is 14.6. The van der Waals surface area contributed by atoms with Crippen LogP contribution in [0.5, 0.6) is 11.5 Å². The van der Waals surface area contributed by atoms with Gasteiger partial charge in [-0.25, -0.2) is 0 Å². The Morgan fingerprint density at radius 2 is 1.65 bits per heavy atom. The first-order valence-electron chi connectivity index (χ1n) is 6.89. The summed E-state index contributed by atoms with van der Waals surface area (Å²) in [5, 5.41) is 3.60. The molecule has 0 bridgehead atoms. The number of para-hydroxylation sites is 1. The van der Waals surface area contributed by atoms with Crippen LogP contribution in [0.2, 0.25) is 0 Å². The van der Waals surface area contributed by atoms with Gasteiger partial charge in [-0.1, -0.05) is 24.3 Å². The first-order chi connectivity index (χ1) is 9.83. The quantitative estimate of drug-likeness (QED) is 0.919. The molecule has 0 radical (unpaired) electrons. The number of methoxy groups -OCH3 is 2. The van der Waals surface area contributed by atoms with Gasteiger partial charge in [0.15, 0.2) is 0 Å². The van der Waals surface area contributed by atoms with E-state index in [0.29, 0.717) is 0 Å². The third-order valence-corrected chi connectivity index (χ3v) is 3.86. The molecule has 2 aromatic rings. The van der Waals surface area contributed by atoms with E-state index in [4.69, 9.17) is 9.47 Å². The Kier molecular flexibility index (Phi) is 3.50. The molecule has 1 aliphatic heterocycles. The Morgan fingerprint density at radius 3 is 2.35 bits per heavy atom. The fourth-order valence-corrected chi connectivity index (χ4v) is 2.88. The van der Waals surface area contributed by atoms with Crippen LogP contribution in [0, 0.1) is 0 Å². The third-order valence-electron chi connectivity index (χ3n) is 3.86. The smallest absolute Gasteiger partial charge is 0.127 e. The monoisotopic (exact) mass is 269 g/mol. The highest BCUT2D eigenvalue weighted by Gasteiger charge is 2.24. The van der Waals surface area contributed by atoms with Crippen molar-refractivity contribution in [2.75, 3.05) is 19.5 Å². The number of aryl methyl sites for hydroxylation is 1. The number of anilines is 1. The highest BCUT2D eigenvalue weighted by Crippen LogP contribution is 2.40. The maximum absolute atomic E-state index is 5.51. The summed E-state index contributed by atoms with van der Waals surface area (Å²) in [6.07, 6.45) is 2.10. The second-order valence-corrected chi connectivity index (χ2v) is 4.97. The van der Waals surface area contributed by atoms with E-state index in [2.05, 4.69) is 29.6 Å². The van der Waals surface area contributed by atoms with Crippen molar-refractivity contribution in [3.05, 3.63) is 53.6 Å². The molecule has 1 unspecified atom stereocenters. The van der Waals surface area contributed by atoms with Gasteiger partial charge in [-0.3, -0.25) is 0 Å². The number of ether oxygens (including phenoxy) is 2. The molecule has 1 heterocycles. The van der Waals surface area contributed by atoms with Crippen molar-refractivity contribution in [1.29, 1.82) is 0 Å². The molecule has 0 saturated carbocycles. The number of rotatable bonds is 3. The molecule has 0 aromatic heterocycles. The second-order valence-electron chi connectivity index (χ2n) is 4.97. The van der Waals surface area contributed by atoms with Crippen molar-refractivity contribution in [3.63, 3.8) is 0 Å². The van der Waals surface area contributed by atoms with Crippen LogP contribution in [0.1, 0.15) is 23.6 Å². The van der Waals surface area contributed by atoms with Gasteiger partial charge in [0.1, 0.15) is 11.5 Å². The van der Waals surface area contributed by atoms with Crippen molar-refractivity contribution < 1.29 is 9.47 Å². The van der Waals surface area contributed by atoms with Gasteiger partial charge in [0.2, 0.25) is 0 Å². The lowest BCUT2D eigenvalue weighted by molar-refractivity contribution is 0.379. The Labute approximate surface area is 119 Å². The zero-order valence-electron chi connectivity index (χ0n) is 11.8. The molecular weight excluding hydrogens is 250 g/mol. The fourth-order valence-electron chi connectivity index (χ4n) is 2.88. The molecule has 0 amide bonds. The molecule has 1 N–H and O–H groups in total. The van der Waals surface area contributed by atoms with Gasteiger partial charge in [0.05, 0.1) is 25.8 Å². The highest BCUT2D eigenvalue weighted by molar-refractivity contribution is 5.58. The topological polar surface area (TPSA) is 30.5 Å². The van der Waals surface area contributed by atoms with Gasteiger partial charge in [0.25, 0.3) is 0 Å². The van der Waals surface area contributed by atoms with Crippen LogP contribution < -0.4 is 14.8 Å². The summed E-state index contributed by atoms with van der Waals surface area (Å²) in [7, 11) is 3.41. The summed E-state index contributed by atoms with van der Waals surface area (Å²) in [6.45, 7) is 0. The molecule has 0 spiro atoms. The molecule has 2 aromatic carbocycles. The summed E-state index contributed by atoms with van der Waals surface area (Å²) in [4.78, 5) is 0. The van der Waals surface area contributed by atoms with Gasteiger partial charge in [0, 0.05) is 5.69 Å². The van der Waals surface area contributed by atoms with Gasteiger partial charge in [-0.2, -0.15) is 0 Å². The van der Waals surface area contributed by atoms with Crippen molar-refractivity contribution in [3.8, 4) is 11.5 Å². The zero-order valence-corrected chi connectivity index (χ0v) is 11.8. The Morgan fingerprint density at radius 1 is 0.950 bits per heavy atom. The van der Waals surface area contributed by atoms with Crippen molar-refractivity contribution in [2.45, 2.75) is 18.9 Å². The van der Waals surface area contributed by atoms with Gasteiger partial charge < -0.3 is 14.8 Å². The molecule has 0 fully saturated rings. The fraction of sp³-hybridized carbons (Fsp3) is 0.294. The molecular formula is C17H19NO2. The number of hydrogen-bond acceptors (Lipinski definition) is 3. The third kappa shape index (κ3) is 2.20. The summed E-state index contributed by atoms with van der Waals surface area (Å²) in [5.74, 6) is 1.75. The lowest BCUT2D eigenvalue weighted by Gasteiger charge is -2.29. The van der Waals surface area contributed by atoms with Crippen molar-refractivity contribution >= 4 is 5.69 Å².